The summed E-state index contributed by atoms with van der Waals surface area (Å²) in [5, 5.41) is 6.47. The van der Waals surface area contributed by atoms with Gasteiger partial charge in [0.1, 0.15) is 5.65 Å². The second-order valence-corrected chi connectivity index (χ2v) is 7.48. The number of aromatic nitrogens is 2. The molecule has 1 atom stereocenters. The number of nitrogens with one attached hydrogen (secondary N) is 2. The standard InChI is InChI=1S/C19H25N5S/c20-15(5-11-25)14-12-22-18-17(14)16(4-9-21-18)24-10-3-7-19(13-24)6-1-2-8-23-19/h4-5,9,11-12,23H,1-3,6-8,10,13,20H2,(H,21,22)/b15-5-/t19-/m1/s1. The number of aromatic amines is 1. The number of allylic oxidation sites excluding steroid dienone is 1. The van der Waals surface area contributed by atoms with Crippen molar-refractivity contribution in [2.75, 3.05) is 24.5 Å². The first-order chi connectivity index (χ1) is 12.2. The number of rotatable bonds is 3. The summed E-state index contributed by atoms with van der Waals surface area (Å²) in [4.78, 5) is 10.3. The van der Waals surface area contributed by atoms with Gasteiger partial charge in [-0.1, -0.05) is 18.6 Å². The van der Waals surface area contributed by atoms with E-state index in [0.29, 0.717) is 5.70 Å². The van der Waals surface area contributed by atoms with Gasteiger partial charge in [0, 0.05) is 47.7 Å². The van der Waals surface area contributed by atoms with E-state index in [1.54, 1.807) is 11.4 Å². The topological polar surface area (TPSA) is 70.0 Å². The monoisotopic (exact) mass is 355 g/mol. The van der Waals surface area contributed by atoms with Crippen molar-refractivity contribution < 1.29 is 0 Å². The van der Waals surface area contributed by atoms with Crippen LogP contribution in [0.2, 0.25) is 0 Å². The lowest BCUT2D eigenvalue weighted by Crippen LogP contribution is -2.59. The quantitative estimate of drug-likeness (QED) is 0.583. The molecule has 1 spiro atoms. The first-order valence-corrected chi connectivity index (χ1v) is 9.57. The van der Waals surface area contributed by atoms with Crippen LogP contribution >= 0.6 is 12.2 Å². The summed E-state index contributed by atoms with van der Waals surface area (Å²) in [5.41, 5.74) is 10.3. The molecule has 0 aromatic carbocycles. The number of thiocarbonyl (C=S) groups is 1. The fraction of sp³-hybridized carbons (Fsp3) is 0.474. The molecule has 0 unspecified atom stereocenters. The minimum absolute atomic E-state index is 0.262. The number of nitrogens with zero attached hydrogens (tertiary/aromatic N) is 2. The Bertz CT molecular complexity index is 798. The second kappa shape index (κ2) is 6.77. The summed E-state index contributed by atoms with van der Waals surface area (Å²) in [6, 6.07) is 2.12. The smallest absolute Gasteiger partial charge is 0.140 e. The number of hydrogen-bond acceptors (Lipinski definition) is 5. The van der Waals surface area contributed by atoms with Gasteiger partial charge in [-0.2, -0.15) is 0 Å². The zero-order valence-corrected chi connectivity index (χ0v) is 15.2. The molecule has 2 aromatic rings. The molecular weight excluding hydrogens is 330 g/mol. The molecule has 0 radical (unpaired) electrons. The summed E-state index contributed by atoms with van der Waals surface area (Å²) in [5.74, 6) is 0. The highest BCUT2D eigenvalue weighted by molar-refractivity contribution is 7.79. The van der Waals surface area contributed by atoms with Gasteiger partial charge in [0.15, 0.2) is 0 Å². The predicted octanol–water partition coefficient (Wildman–Crippen LogP) is 2.97. The highest BCUT2D eigenvalue weighted by Gasteiger charge is 2.36. The second-order valence-electron chi connectivity index (χ2n) is 7.20. The number of pyridine rings is 1. The van der Waals surface area contributed by atoms with E-state index in [9.17, 15) is 0 Å². The third-order valence-electron chi connectivity index (χ3n) is 5.61. The molecule has 0 saturated carbocycles. The largest absolute Gasteiger partial charge is 0.398 e. The number of H-pyrrole nitrogens is 1. The lowest BCUT2D eigenvalue weighted by Gasteiger charge is -2.47. The molecule has 2 saturated heterocycles. The number of hydrogen-bond donors (Lipinski definition) is 3. The molecule has 2 aromatic heterocycles. The third-order valence-corrected chi connectivity index (χ3v) is 5.75. The maximum atomic E-state index is 6.24. The molecule has 0 amide bonds. The predicted molar refractivity (Wildman–Crippen MR) is 108 cm³/mol. The van der Waals surface area contributed by atoms with Crippen molar-refractivity contribution in [3.63, 3.8) is 0 Å². The summed E-state index contributed by atoms with van der Waals surface area (Å²) >= 11 is 4.94. The molecule has 4 N–H and O–H groups in total. The van der Waals surface area contributed by atoms with Crippen molar-refractivity contribution in [3.05, 3.63) is 30.1 Å². The molecule has 2 fully saturated rings. The molecule has 2 aliphatic rings. The van der Waals surface area contributed by atoms with E-state index in [4.69, 9.17) is 18.0 Å². The highest BCUT2D eigenvalue weighted by atomic mass is 32.1. The average Bonchev–Trinajstić information content (AvgIpc) is 3.07. The third kappa shape index (κ3) is 3.04. The van der Waals surface area contributed by atoms with E-state index in [0.717, 1.165) is 36.2 Å². The van der Waals surface area contributed by atoms with Crippen LogP contribution in [0.1, 0.15) is 37.7 Å². The zero-order valence-electron chi connectivity index (χ0n) is 14.4. The first kappa shape index (κ1) is 16.5. The molecule has 4 rings (SSSR count). The minimum atomic E-state index is 0.262. The zero-order chi connectivity index (χ0) is 17.3. The summed E-state index contributed by atoms with van der Waals surface area (Å²) in [6.45, 7) is 3.26. The Morgan fingerprint density at radius 1 is 1.32 bits per heavy atom. The van der Waals surface area contributed by atoms with Gasteiger partial charge in [-0.25, -0.2) is 4.98 Å². The van der Waals surface area contributed by atoms with Gasteiger partial charge in [0.05, 0.1) is 11.1 Å². The Labute approximate surface area is 153 Å². The van der Waals surface area contributed by atoms with Crippen LogP contribution in [0.15, 0.2) is 24.5 Å². The first-order valence-electron chi connectivity index (χ1n) is 9.10. The Hall–Kier alpha value is -1.92. The Kier molecular flexibility index (Phi) is 4.48. The van der Waals surface area contributed by atoms with Gasteiger partial charge < -0.3 is 20.9 Å². The fourth-order valence-corrected chi connectivity index (χ4v) is 4.56. The molecule has 132 valence electrons. The van der Waals surface area contributed by atoms with Crippen molar-refractivity contribution >= 4 is 40.0 Å². The van der Waals surface area contributed by atoms with E-state index in [-0.39, 0.29) is 5.54 Å². The molecular formula is C19H25N5S. The van der Waals surface area contributed by atoms with Crippen LogP contribution in [0.25, 0.3) is 16.7 Å². The average molecular weight is 356 g/mol. The van der Waals surface area contributed by atoms with Gasteiger partial charge in [0.2, 0.25) is 0 Å². The van der Waals surface area contributed by atoms with Crippen LogP contribution in [0.4, 0.5) is 5.69 Å². The lowest BCUT2D eigenvalue weighted by molar-refractivity contribution is 0.216. The number of piperidine rings is 2. The van der Waals surface area contributed by atoms with E-state index in [1.165, 1.54) is 37.8 Å². The molecule has 2 aliphatic heterocycles. The fourth-order valence-electron chi connectivity index (χ4n) is 4.41. The van der Waals surface area contributed by atoms with E-state index in [2.05, 4.69) is 26.3 Å². The number of nitrogens with two attached hydrogens (primary N) is 1. The number of anilines is 1. The van der Waals surface area contributed by atoms with Gasteiger partial charge >= 0.3 is 0 Å². The highest BCUT2D eigenvalue weighted by Crippen LogP contribution is 2.36. The summed E-state index contributed by atoms with van der Waals surface area (Å²) in [7, 11) is 0. The molecule has 5 nitrogen and oxygen atoms in total. The normalized spacial score (nSPS) is 24.8. The number of fused-ring (bicyclic) bond motifs is 1. The van der Waals surface area contributed by atoms with E-state index in [1.807, 2.05) is 12.4 Å². The molecule has 6 heteroatoms. The molecule has 4 heterocycles. The minimum Gasteiger partial charge on any atom is -0.398 e. The van der Waals surface area contributed by atoms with Crippen molar-refractivity contribution in [2.24, 2.45) is 5.73 Å². The maximum absolute atomic E-state index is 6.24. The van der Waals surface area contributed by atoms with Crippen molar-refractivity contribution in [1.29, 1.82) is 0 Å². The van der Waals surface area contributed by atoms with Gasteiger partial charge in [0.25, 0.3) is 0 Å². The molecule has 25 heavy (non-hydrogen) atoms. The maximum Gasteiger partial charge on any atom is 0.140 e. The van der Waals surface area contributed by atoms with E-state index >= 15 is 0 Å². The van der Waals surface area contributed by atoms with E-state index < -0.39 is 0 Å². The van der Waals surface area contributed by atoms with Crippen LogP contribution in [0, 0.1) is 0 Å². The van der Waals surface area contributed by atoms with Crippen LogP contribution in [-0.4, -0.2) is 40.5 Å². The van der Waals surface area contributed by atoms with Gasteiger partial charge in [-0.15, -0.1) is 0 Å². The molecule has 0 aliphatic carbocycles. The van der Waals surface area contributed by atoms with Crippen molar-refractivity contribution in [3.8, 4) is 0 Å². The summed E-state index contributed by atoms with van der Waals surface area (Å²) in [6.07, 6.45) is 12.0. The van der Waals surface area contributed by atoms with Gasteiger partial charge in [-0.05, 0) is 44.4 Å². The van der Waals surface area contributed by atoms with Crippen LogP contribution in [-0.2, 0) is 0 Å². The van der Waals surface area contributed by atoms with Crippen LogP contribution in [0.5, 0.6) is 0 Å². The van der Waals surface area contributed by atoms with Crippen molar-refractivity contribution in [2.45, 2.75) is 37.6 Å². The van der Waals surface area contributed by atoms with Gasteiger partial charge in [-0.3, -0.25) is 0 Å². The Balaban J connectivity index is 1.74. The Morgan fingerprint density at radius 3 is 3.00 bits per heavy atom. The molecule has 0 bridgehead atoms. The SMILES string of the molecule is N/C(=C\C=S)c1c[nH]c2nccc(N3CCC[C@]4(CCCCN4)C3)c12. The van der Waals surface area contributed by atoms with Crippen LogP contribution < -0.4 is 16.0 Å². The lowest BCUT2D eigenvalue weighted by atomic mass is 9.81. The summed E-state index contributed by atoms with van der Waals surface area (Å²) < 4.78 is 0. The van der Waals surface area contributed by atoms with Crippen molar-refractivity contribution in [1.82, 2.24) is 15.3 Å². The Morgan fingerprint density at radius 2 is 2.20 bits per heavy atom. The van der Waals surface area contributed by atoms with Crippen LogP contribution in [0.3, 0.4) is 0 Å².